The maximum Gasteiger partial charge on any atom is 0.253 e. The van der Waals surface area contributed by atoms with Crippen LogP contribution in [-0.4, -0.2) is 68.8 Å². The third kappa shape index (κ3) is 5.45. The maximum absolute atomic E-state index is 13.2. The van der Waals surface area contributed by atoms with Crippen LogP contribution in [-0.2, 0) is 26.1 Å². The van der Waals surface area contributed by atoms with Crippen molar-refractivity contribution in [1.29, 1.82) is 0 Å². The molecule has 0 saturated carbocycles. The molecule has 0 radical (unpaired) electrons. The van der Waals surface area contributed by atoms with E-state index in [0.29, 0.717) is 56.8 Å². The number of carbonyl (C=O) groups excluding carboxylic acids is 2. The van der Waals surface area contributed by atoms with E-state index in [1.807, 2.05) is 0 Å². The number of likely N-dealkylation sites (tertiary alicyclic amines) is 1. The van der Waals surface area contributed by atoms with Gasteiger partial charge >= 0.3 is 0 Å². The summed E-state index contributed by atoms with van der Waals surface area (Å²) >= 11 is 0. The van der Waals surface area contributed by atoms with Crippen LogP contribution in [0.5, 0.6) is 0 Å². The molecule has 0 aromatic heterocycles. The average molecular weight is 490 g/mol. The van der Waals surface area contributed by atoms with Gasteiger partial charge in [-0.3, -0.25) is 9.59 Å². The molecule has 2 fully saturated rings. The number of halogens is 1. The maximum atomic E-state index is 13.2. The van der Waals surface area contributed by atoms with Crippen molar-refractivity contribution in [3.05, 3.63) is 65.5 Å². The van der Waals surface area contributed by atoms with Gasteiger partial charge in [-0.2, -0.15) is 4.31 Å². The third-order valence-electron chi connectivity index (χ3n) is 6.18. The van der Waals surface area contributed by atoms with Crippen LogP contribution in [0.2, 0.25) is 0 Å². The Balaban J connectivity index is 1.40. The molecular formula is C24H28FN3O5S. The molecule has 2 amide bonds. The van der Waals surface area contributed by atoms with Gasteiger partial charge in [-0.05, 0) is 48.7 Å². The highest BCUT2D eigenvalue weighted by molar-refractivity contribution is 7.89. The number of amides is 2. The van der Waals surface area contributed by atoms with Crippen molar-refractivity contribution < 1.29 is 27.1 Å². The number of piperidine rings is 1. The number of nitrogens with one attached hydrogen (secondary N) is 1. The number of benzene rings is 2. The molecule has 2 saturated heterocycles. The fourth-order valence-corrected chi connectivity index (χ4v) is 5.93. The summed E-state index contributed by atoms with van der Waals surface area (Å²) in [6, 6.07) is 12.0. The van der Waals surface area contributed by atoms with E-state index in [-0.39, 0.29) is 29.8 Å². The number of morpholine rings is 1. The van der Waals surface area contributed by atoms with Gasteiger partial charge in [-0.15, -0.1) is 0 Å². The van der Waals surface area contributed by atoms with Gasteiger partial charge in [-0.25, -0.2) is 12.8 Å². The number of ether oxygens (including phenoxy) is 1. The van der Waals surface area contributed by atoms with E-state index in [9.17, 15) is 22.4 Å². The van der Waals surface area contributed by atoms with E-state index in [1.165, 1.54) is 28.6 Å². The minimum Gasteiger partial charge on any atom is -0.379 e. The second-order valence-corrected chi connectivity index (χ2v) is 10.3. The molecule has 1 unspecified atom stereocenters. The highest BCUT2D eigenvalue weighted by Crippen LogP contribution is 2.23. The predicted molar refractivity (Wildman–Crippen MR) is 123 cm³/mol. The number of hydrogen-bond acceptors (Lipinski definition) is 5. The van der Waals surface area contributed by atoms with Gasteiger partial charge in [0.25, 0.3) is 5.91 Å². The van der Waals surface area contributed by atoms with E-state index in [4.69, 9.17) is 4.74 Å². The molecule has 1 atom stereocenters. The Morgan fingerprint density at radius 1 is 1.03 bits per heavy atom. The summed E-state index contributed by atoms with van der Waals surface area (Å²) in [4.78, 5) is 27.4. The molecule has 2 aliphatic rings. The zero-order valence-corrected chi connectivity index (χ0v) is 19.6. The monoisotopic (exact) mass is 489 g/mol. The fraction of sp³-hybridized carbons (Fsp3) is 0.417. The zero-order chi connectivity index (χ0) is 24.1. The van der Waals surface area contributed by atoms with Gasteiger partial charge in [0.2, 0.25) is 15.9 Å². The molecule has 4 rings (SSSR count). The van der Waals surface area contributed by atoms with Crippen LogP contribution in [0.1, 0.15) is 28.8 Å². The molecule has 8 nitrogen and oxygen atoms in total. The number of sulfonamides is 1. The lowest BCUT2D eigenvalue weighted by molar-refractivity contribution is -0.126. The van der Waals surface area contributed by atoms with Gasteiger partial charge in [0.15, 0.2) is 0 Å². The Hall–Kier alpha value is -2.82. The van der Waals surface area contributed by atoms with Gasteiger partial charge < -0.3 is 15.0 Å². The van der Waals surface area contributed by atoms with Crippen molar-refractivity contribution in [3.8, 4) is 0 Å². The van der Waals surface area contributed by atoms with Crippen molar-refractivity contribution in [2.45, 2.75) is 24.3 Å². The Bertz CT molecular complexity index is 1130. The molecule has 0 aliphatic carbocycles. The molecule has 34 heavy (non-hydrogen) atoms. The van der Waals surface area contributed by atoms with Crippen LogP contribution in [0.4, 0.5) is 4.39 Å². The van der Waals surface area contributed by atoms with Crippen molar-refractivity contribution >= 4 is 21.8 Å². The lowest BCUT2D eigenvalue weighted by atomic mass is 9.96. The summed E-state index contributed by atoms with van der Waals surface area (Å²) in [6.07, 6.45) is 1.31. The van der Waals surface area contributed by atoms with Crippen molar-refractivity contribution in [2.75, 3.05) is 39.4 Å². The van der Waals surface area contributed by atoms with E-state index in [1.54, 1.807) is 29.2 Å². The van der Waals surface area contributed by atoms with E-state index >= 15 is 0 Å². The molecule has 10 heteroatoms. The predicted octanol–water partition coefficient (Wildman–Crippen LogP) is 2.02. The molecule has 1 N–H and O–H groups in total. The largest absolute Gasteiger partial charge is 0.379 e. The summed E-state index contributed by atoms with van der Waals surface area (Å²) in [5.74, 6) is -1.28. The molecule has 2 aromatic carbocycles. The lowest BCUT2D eigenvalue weighted by Gasteiger charge is -2.32. The Morgan fingerprint density at radius 3 is 2.47 bits per heavy atom. The summed E-state index contributed by atoms with van der Waals surface area (Å²) in [6.45, 7) is 2.16. The Labute approximate surface area is 198 Å². The minimum atomic E-state index is -3.70. The highest BCUT2D eigenvalue weighted by Gasteiger charge is 2.31. The van der Waals surface area contributed by atoms with Crippen LogP contribution in [0.3, 0.4) is 0 Å². The quantitative estimate of drug-likeness (QED) is 0.670. The fourth-order valence-electron chi connectivity index (χ4n) is 4.30. The van der Waals surface area contributed by atoms with Crippen LogP contribution < -0.4 is 5.32 Å². The second kappa shape index (κ2) is 10.6. The van der Waals surface area contributed by atoms with E-state index in [2.05, 4.69) is 5.32 Å². The van der Waals surface area contributed by atoms with Crippen molar-refractivity contribution in [1.82, 2.24) is 14.5 Å². The first-order chi connectivity index (χ1) is 16.4. The molecule has 0 bridgehead atoms. The van der Waals surface area contributed by atoms with Gasteiger partial charge in [0.05, 0.1) is 24.0 Å². The number of nitrogens with zero attached hydrogens (tertiary/aromatic N) is 2. The standard InChI is InChI=1S/C24H28FN3O5S/c25-21-9-7-18(8-10-21)24(30)27-11-3-5-20(17-27)23(29)26-16-19-4-1-2-6-22(19)34(31,32)28-12-14-33-15-13-28/h1-2,4,6-10,20H,3,5,11-17H2,(H,26,29). The first kappa shape index (κ1) is 24.3. The summed E-state index contributed by atoms with van der Waals surface area (Å²) in [5, 5.41) is 2.86. The third-order valence-corrected chi connectivity index (χ3v) is 8.18. The molecular weight excluding hydrogens is 461 g/mol. The van der Waals surface area contributed by atoms with E-state index in [0.717, 1.165) is 0 Å². The van der Waals surface area contributed by atoms with Crippen molar-refractivity contribution in [2.24, 2.45) is 5.92 Å². The van der Waals surface area contributed by atoms with Gasteiger partial charge in [-0.1, -0.05) is 18.2 Å². The first-order valence-corrected chi connectivity index (χ1v) is 12.8. The normalized spacial score (nSPS) is 19.6. The smallest absolute Gasteiger partial charge is 0.253 e. The molecule has 0 spiro atoms. The van der Waals surface area contributed by atoms with Crippen LogP contribution in [0.15, 0.2) is 53.4 Å². The highest BCUT2D eigenvalue weighted by atomic mass is 32.2. The molecule has 2 aromatic rings. The molecule has 182 valence electrons. The van der Waals surface area contributed by atoms with Gasteiger partial charge in [0, 0.05) is 38.3 Å². The summed E-state index contributed by atoms with van der Waals surface area (Å²) in [7, 11) is -3.70. The summed E-state index contributed by atoms with van der Waals surface area (Å²) in [5.41, 5.74) is 0.891. The average Bonchev–Trinajstić information content (AvgIpc) is 2.88. The lowest BCUT2D eigenvalue weighted by Crippen LogP contribution is -2.45. The first-order valence-electron chi connectivity index (χ1n) is 11.3. The Kier molecular flexibility index (Phi) is 7.60. The molecule has 2 aliphatic heterocycles. The van der Waals surface area contributed by atoms with E-state index < -0.39 is 21.8 Å². The number of rotatable bonds is 6. The summed E-state index contributed by atoms with van der Waals surface area (Å²) < 4.78 is 46.1. The van der Waals surface area contributed by atoms with Crippen LogP contribution in [0, 0.1) is 11.7 Å². The molecule has 2 heterocycles. The van der Waals surface area contributed by atoms with Crippen molar-refractivity contribution in [3.63, 3.8) is 0 Å². The Morgan fingerprint density at radius 2 is 1.74 bits per heavy atom. The minimum absolute atomic E-state index is 0.0704. The number of hydrogen-bond donors (Lipinski definition) is 1. The second-order valence-electron chi connectivity index (χ2n) is 8.44. The SMILES string of the molecule is O=C(NCc1ccccc1S(=O)(=O)N1CCOCC1)C1CCCN(C(=O)c2ccc(F)cc2)C1. The zero-order valence-electron chi connectivity index (χ0n) is 18.8. The van der Waals surface area contributed by atoms with Gasteiger partial charge in [0.1, 0.15) is 5.82 Å². The number of carbonyl (C=O) groups is 2. The van der Waals surface area contributed by atoms with Crippen LogP contribution in [0.25, 0.3) is 0 Å². The topological polar surface area (TPSA) is 96.0 Å². The van der Waals surface area contributed by atoms with Crippen LogP contribution >= 0.6 is 0 Å².